The highest BCUT2D eigenvalue weighted by molar-refractivity contribution is 5.42. The molecule has 0 aromatic carbocycles. The molecule has 1 atom stereocenters. The second kappa shape index (κ2) is 6.73. The molecule has 0 amide bonds. The van der Waals surface area contributed by atoms with Gasteiger partial charge in [0.1, 0.15) is 5.69 Å². The van der Waals surface area contributed by atoms with Crippen LogP contribution in [0.25, 0.3) is 0 Å². The molecule has 106 valence electrons. The first-order chi connectivity index (χ1) is 9.26. The monoisotopic (exact) mass is 265 g/mol. The normalized spacial score (nSPS) is 20.9. The lowest BCUT2D eigenvalue weighted by molar-refractivity contribution is 0.205. The van der Waals surface area contributed by atoms with Gasteiger partial charge in [0.2, 0.25) is 0 Å². The van der Waals surface area contributed by atoms with Gasteiger partial charge >= 0.3 is 0 Å². The predicted octanol–water partition coefficient (Wildman–Crippen LogP) is 1.28. The summed E-state index contributed by atoms with van der Waals surface area (Å²) in [6.45, 7) is 6.20. The lowest BCUT2D eigenvalue weighted by Crippen LogP contribution is -2.34. The fourth-order valence-electron chi connectivity index (χ4n) is 2.45. The first-order valence-electron chi connectivity index (χ1n) is 6.77. The molecule has 0 saturated carbocycles. The zero-order valence-corrected chi connectivity index (χ0v) is 12.0. The summed E-state index contributed by atoms with van der Waals surface area (Å²) in [7, 11) is 3.32. The number of hydrogen-bond donors (Lipinski definition) is 1. The third-order valence-electron chi connectivity index (χ3n) is 3.66. The zero-order valence-electron chi connectivity index (χ0n) is 12.0. The molecule has 5 nitrogen and oxygen atoms in total. The van der Waals surface area contributed by atoms with Crippen LogP contribution in [0.4, 0.5) is 0 Å². The molecule has 19 heavy (non-hydrogen) atoms. The number of methoxy groups -OCH3 is 2. The highest BCUT2D eigenvalue weighted by atomic mass is 16.5. The van der Waals surface area contributed by atoms with E-state index in [1.807, 2.05) is 6.07 Å². The van der Waals surface area contributed by atoms with Crippen LogP contribution >= 0.6 is 0 Å². The molecule has 0 bridgehead atoms. The maximum Gasteiger partial charge on any atom is 0.183 e. The van der Waals surface area contributed by atoms with Crippen molar-refractivity contribution in [2.75, 3.05) is 33.9 Å². The van der Waals surface area contributed by atoms with Crippen molar-refractivity contribution in [1.82, 2.24) is 15.2 Å². The molecule has 1 N–H and O–H groups in total. The van der Waals surface area contributed by atoms with Crippen molar-refractivity contribution in [2.45, 2.75) is 25.9 Å². The van der Waals surface area contributed by atoms with E-state index in [0.29, 0.717) is 6.04 Å². The van der Waals surface area contributed by atoms with E-state index >= 15 is 0 Å². The van der Waals surface area contributed by atoms with Crippen molar-refractivity contribution in [3.8, 4) is 11.5 Å². The first kappa shape index (κ1) is 14.1. The second-order valence-corrected chi connectivity index (χ2v) is 4.85. The van der Waals surface area contributed by atoms with Crippen LogP contribution in [0.15, 0.2) is 12.3 Å². The zero-order chi connectivity index (χ0) is 13.7. The average Bonchev–Trinajstić information content (AvgIpc) is 2.64. The minimum Gasteiger partial charge on any atom is -0.493 e. The van der Waals surface area contributed by atoms with Gasteiger partial charge in [-0.2, -0.15) is 0 Å². The highest BCUT2D eigenvalue weighted by Crippen LogP contribution is 2.30. The van der Waals surface area contributed by atoms with E-state index in [1.54, 1.807) is 20.4 Å². The Morgan fingerprint density at radius 1 is 1.37 bits per heavy atom. The summed E-state index contributed by atoms with van der Waals surface area (Å²) < 4.78 is 10.8. The molecule has 1 saturated heterocycles. The summed E-state index contributed by atoms with van der Waals surface area (Å²) in [5.74, 6) is 1.49. The standard InChI is InChI=1S/C14H23N3O2/c1-11-4-6-15-8-9-17(11)10-12-14(19-3)13(18-2)5-7-16-12/h5,7,11,15H,4,6,8-10H2,1-3H3. The lowest BCUT2D eigenvalue weighted by atomic mass is 10.2. The van der Waals surface area contributed by atoms with Crippen LogP contribution in [0, 0.1) is 0 Å². The predicted molar refractivity (Wildman–Crippen MR) is 74.7 cm³/mol. The Morgan fingerprint density at radius 2 is 2.21 bits per heavy atom. The number of nitrogens with one attached hydrogen (secondary N) is 1. The van der Waals surface area contributed by atoms with Gasteiger partial charge in [0.25, 0.3) is 0 Å². The number of nitrogens with zero attached hydrogens (tertiary/aromatic N) is 2. The van der Waals surface area contributed by atoms with Gasteiger partial charge in [-0.25, -0.2) is 0 Å². The molecule has 1 aromatic heterocycles. The fourth-order valence-corrected chi connectivity index (χ4v) is 2.45. The van der Waals surface area contributed by atoms with Crippen molar-refractivity contribution in [3.05, 3.63) is 18.0 Å². The maximum atomic E-state index is 5.45. The first-order valence-corrected chi connectivity index (χ1v) is 6.77. The SMILES string of the molecule is COc1ccnc(CN2CCNCCC2C)c1OC. The molecule has 1 aromatic rings. The molecule has 1 aliphatic rings. The van der Waals surface area contributed by atoms with E-state index in [0.717, 1.165) is 49.8 Å². The van der Waals surface area contributed by atoms with Crippen molar-refractivity contribution in [3.63, 3.8) is 0 Å². The Balaban J connectivity index is 2.17. The molecule has 1 fully saturated rings. The molecule has 0 radical (unpaired) electrons. The van der Waals surface area contributed by atoms with E-state index in [9.17, 15) is 0 Å². The van der Waals surface area contributed by atoms with Crippen LogP contribution in [-0.2, 0) is 6.54 Å². The van der Waals surface area contributed by atoms with Gasteiger partial charge in [0.05, 0.1) is 14.2 Å². The summed E-state index contributed by atoms with van der Waals surface area (Å²) in [6, 6.07) is 2.38. The Bertz CT molecular complexity index is 412. The minimum atomic E-state index is 0.549. The second-order valence-electron chi connectivity index (χ2n) is 4.85. The molecule has 2 rings (SSSR count). The Kier molecular flexibility index (Phi) is 4.99. The van der Waals surface area contributed by atoms with Crippen LogP contribution in [0.1, 0.15) is 19.0 Å². The van der Waals surface area contributed by atoms with Crippen molar-refractivity contribution >= 4 is 0 Å². The number of pyridine rings is 1. The van der Waals surface area contributed by atoms with Gasteiger partial charge in [0.15, 0.2) is 11.5 Å². The maximum absolute atomic E-state index is 5.45. The molecular formula is C14H23N3O2. The van der Waals surface area contributed by atoms with Crippen LogP contribution in [-0.4, -0.2) is 49.8 Å². The molecule has 5 heteroatoms. The van der Waals surface area contributed by atoms with Gasteiger partial charge in [-0.1, -0.05) is 0 Å². The minimum absolute atomic E-state index is 0.549. The number of hydrogen-bond acceptors (Lipinski definition) is 5. The molecule has 0 aliphatic carbocycles. The Morgan fingerprint density at radius 3 is 2.95 bits per heavy atom. The van der Waals surface area contributed by atoms with Gasteiger partial charge in [-0.05, 0) is 19.9 Å². The third kappa shape index (κ3) is 3.36. The summed E-state index contributed by atoms with van der Waals surface area (Å²) in [6.07, 6.45) is 2.93. The average molecular weight is 265 g/mol. The lowest BCUT2D eigenvalue weighted by Gasteiger charge is -2.26. The fraction of sp³-hybridized carbons (Fsp3) is 0.643. The van der Waals surface area contributed by atoms with Crippen molar-refractivity contribution < 1.29 is 9.47 Å². The quantitative estimate of drug-likeness (QED) is 0.888. The molecule has 1 unspecified atom stereocenters. The number of ether oxygens (including phenoxy) is 2. The smallest absolute Gasteiger partial charge is 0.183 e. The van der Waals surface area contributed by atoms with Crippen LogP contribution in [0.5, 0.6) is 11.5 Å². The van der Waals surface area contributed by atoms with E-state index in [2.05, 4.69) is 22.1 Å². The van der Waals surface area contributed by atoms with Crippen LogP contribution in [0.3, 0.4) is 0 Å². The van der Waals surface area contributed by atoms with Gasteiger partial charge in [-0.3, -0.25) is 9.88 Å². The van der Waals surface area contributed by atoms with E-state index in [-0.39, 0.29) is 0 Å². The Labute approximate surface area is 114 Å². The van der Waals surface area contributed by atoms with Gasteiger partial charge in [-0.15, -0.1) is 0 Å². The number of aromatic nitrogens is 1. The molecular weight excluding hydrogens is 242 g/mol. The molecule has 0 spiro atoms. The van der Waals surface area contributed by atoms with Crippen LogP contribution in [0.2, 0.25) is 0 Å². The summed E-state index contributed by atoms with van der Waals surface area (Å²) in [5.41, 5.74) is 0.940. The third-order valence-corrected chi connectivity index (χ3v) is 3.66. The molecule has 1 aliphatic heterocycles. The number of rotatable bonds is 4. The van der Waals surface area contributed by atoms with E-state index in [4.69, 9.17) is 9.47 Å². The van der Waals surface area contributed by atoms with E-state index in [1.165, 1.54) is 0 Å². The van der Waals surface area contributed by atoms with Crippen molar-refractivity contribution in [2.24, 2.45) is 0 Å². The largest absolute Gasteiger partial charge is 0.493 e. The summed E-state index contributed by atoms with van der Waals surface area (Å²) in [5, 5.41) is 3.43. The Hall–Kier alpha value is -1.33. The highest BCUT2D eigenvalue weighted by Gasteiger charge is 2.20. The van der Waals surface area contributed by atoms with Gasteiger partial charge < -0.3 is 14.8 Å². The topological polar surface area (TPSA) is 46.6 Å². The van der Waals surface area contributed by atoms with Gasteiger partial charge in [0, 0.05) is 37.9 Å². The van der Waals surface area contributed by atoms with Crippen molar-refractivity contribution in [1.29, 1.82) is 0 Å². The van der Waals surface area contributed by atoms with Crippen LogP contribution < -0.4 is 14.8 Å². The molecule has 2 heterocycles. The van der Waals surface area contributed by atoms with E-state index < -0.39 is 0 Å². The summed E-state index contributed by atoms with van der Waals surface area (Å²) >= 11 is 0. The summed E-state index contributed by atoms with van der Waals surface area (Å²) in [4.78, 5) is 6.89.